The minimum absolute atomic E-state index is 0.0845. The monoisotopic (exact) mass is 221 g/mol. The number of nitrogens with zero attached hydrogens (tertiary/aromatic N) is 2. The maximum atomic E-state index is 12.1. The molecular weight excluding hydrogens is 202 g/mol. The van der Waals surface area contributed by atoms with Gasteiger partial charge in [-0.3, -0.25) is 9.78 Å². The Morgan fingerprint density at radius 2 is 1.88 bits per heavy atom. The van der Waals surface area contributed by atoms with Crippen LogP contribution in [0.2, 0.25) is 0 Å². The summed E-state index contributed by atoms with van der Waals surface area (Å²) in [5.74, 6) is -0.0845. The van der Waals surface area contributed by atoms with Gasteiger partial charge in [-0.15, -0.1) is 0 Å². The van der Waals surface area contributed by atoms with E-state index in [0.717, 1.165) is 5.69 Å². The van der Waals surface area contributed by atoms with Gasteiger partial charge in [0.15, 0.2) is 0 Å². The van der Waals surface area contributed by atoms with Crippen LogP contribution in [0.5, 0.6) is 0 Å². The Hall–Kier alpha value is -1.42. The lowest BCUT2D eigenvalue weighted by Gasteiger charge is -2.29. The van der Waals surface area contributed by atoms with Crippen molar-refractivity contribution in [2.24, 2.45) is 11.1 Å². The van der Waals surface area contributed by atoms with Crippen molar-refractivity contribution in [1.82, 2.24) is 4.98 Å². The predicted molar refractivity (Wildman–Crippen MR) is 65.1 cm³/mol. The molecule has 1 aromatic rings. The third-order valence-electron chi connectivity index (χ3n) is 2.58. The van der Waals surface area contributed by atoms with Gasteiger partial charge in [0.2, 0.25) is 5.91 Å². The number of amides is 1. The average Bonchev–Trinajstić information content (AvgIpc) is 2.26. The number of aromatic nitrogens is 1. The molecule has 0 radical (unpaired) electrons. The number of pyridine rings is 1. The van der Waals surface area contributed by atoms with E-state index >= 15 is 0 Å². The Balaban J connectivity index is 2.84. The first-order valence-corrected chi connectivity index (χ1v) is 5.27. The lowest BCUT2D eigenvalue weighted by Crippen LogP contribution is -2.49. The molecule has 0 unspecified atom stereocenters. The Bertz CT molecular complexity index is 356. The van der Waals surface area contributed by atoms with E-state index in [-0.39, 0.29) is 11.3 Å². The molecule has 0 saturated heterocycles. The number of carbonyl (C=O) groups excluding carboxylic acids is 1. The number of carbonyl (C=O) groups is 1. The molecule has 0 bridgehead atoms. The SMILES string of the molecule is CN(C(=O)[C@@H](N)C(C)(C)C)c1ccncc1. The summed E-state index contributed by atoms with van der Waals surface area (Å²) in [5.41, 5.74) is 6.49. The van der Waals surface area contributed by atoms with Gasteiger partial charge in [-0.05, 0) is 17.5 Å². The molecule has 1 aromatic heterocycles. The third-order valence-corrected chi connectivity index (χ3v) is 2.58. The van der Waals surface area contributed by atoms with Crippen LogP contribution in [0.3, 0.4) is 0 Å². The van der Waals surface area contributed by atoms with E-state index in [2.05, 4.69) is 4.98 Å². The smallest absolute Gasteiger partial charge is 0.244 e. The minimum Gasteiger partial charge on any atom is -0.319 e. The van der Waals surface area contributed by atoms with Crippen LogP contribution in [0.4, 0.5) is 5.69 Å². The zero-order chi connectivity index (χ0) is 12.3. The van der Waals surface area contributed by atoms with Crippen molar-refractivity contribution in [3.05, 3.63) is 24.5 Å². The summed E-state index contributed by atoms with van der Waals surface area (Å²) in [6.07, 6.45) is 3.31. The molecule has 4 nitrogen and oxygen atoms in total. The van der Waals surface area contributed by atoms with Crippen LogP contribution in [-0.4, -0.2) is 24.0 Å². The van der Waals surface area contributed by atoms with Gasteiger partial charge in [-0.2, -0.15) is 0 Å². The van der Waals surface area contributed by atoms with Crippen LogP contribution in [0.15, 0.2) is 24.5 Å². The Morgan fingerprint density at radius 3 is 2.31 bits per heavy atom. The van der Waals surface area contributed by atoms with Crippen LogP contribution in [0, 0.1) is 5.41 Å². The quantitative estimate of drug-likeness (QED) is 0.821. The van der Waals surface area contributed by atoms with E-state index < -0.39 is 6.04 Å². The number of likely N-dealkylation sites (N-methyl/N-ethyl adjacent to an activating group) is 1. The van der Waals surface area contributed by atoms with Gasteiger partial charge in [0.05, 0.1) is 6.04 Å². The molecule has 1 heterocycles. The Kier molecular flexibility index (Phi) is 3.65. The summed E-state index contributed by atoms with van der Waals surface area (Å²) in [5, 5.41) is 0. The third kappa shape index (κ3) is 2.79. The number of rotatable bonds is 2. The number of hydrogen-bond acceptors (Lipinski definition) is 3. The topological polar surface area (TPSA) is 59.2 Å². The normalized spacial score (nSPS) is 13.3. The van der Waals surface area contributed by atoms with Crippen LogP contribution in [0.25, 0.3) is 0 Å². The van der Waals surface area contributed by atoms with Crippen LogP contribution in [0.1, 0.15) is 20.8 Å². The first-order valence-electron chi connectivity index (χ1n) is 5.27. The molecule has 0 fully saturated rings. The van der Waals surface area contributed by atoms with E-state index in [4.69, 9.17) is 5.73 Å². The first kappa shape index (κ1) is 12.6. The molecule has 0 aliphatic carbocycles. The highest BCUT2D eigenvalue weighted by Crippen LogP contribution is 2.21. The molecule has 1 rings (SSSR count). The van der Waals surface area contributed by atoms with Gasteiger partial charge >= 0.3 is 0 Å². The van der Waals surface area contributed by atoms with Crippen molar-refractivity contribution < 1.29 is 4.79 Å². The van der Waals surface area contributed by atoms with Crippen molar-refractivity contribution in [2.45, 2.75) is 26.8 Å². The fraction of sp³-hybridized carbons (Fsp3) is 0.500. The maximum absolute atomic E-state index is 12.1. The maximum Gasteiger partial charge on any atom is 0.244 e. The molecule has 4 heteroatoms. The molecule has 1 atom stereocenters. The highest BCUT2D eigenvalue weighted by atomic mass is 16.2. The van der Waals surface area contributed by atoms with Gasteiger partial charge in [-0.25, -0.2) is 0 Å². The second kappa shape index (κ2) is 4.61. The van der Waals surface area contributed by atoms with Crippen molar-refractivity contribution in [1.29, 1.82) is 0 Å². The molecular formula is C12H19N3O. The largest absolute Gasteiger partial charge is 0.319 e. The summed E-state index contributed by atoms with van der Waals surface area (Å²) in [7, 11) is 1.73. The van der Waals surface area contributed by atoms with Gasteiger partial charge in [0.25, 0.3) is 0 Å². The van der Waals surface area contributed by atoms with Crippen LogP contribution in [-0.2, 0) is 4.79 Å². The van der Waals surface area contributed by atoms with E-state index in [1.807, 2.05) is 20.8 Å². The molecule has 0 aliphatic rings. The highest BCUT2D eigenvalue weighted by Gasteiger charge is 2.30. The van der Waals surface area contributed by atoms with Gasteiger partial charge in [-0.1, -0.05) is 20.8 Å². The minimum atomic E-state index is -0.509. The van der Waals surface area contributed by atoms with Crippen LogP contribution >= 0.6 is 0 Å². The van der Waals surface area contributed by atoms with Crippen molar-refractivity contribution in [3.8, 4) is 0 Å². The summed E-state index contributed by atoms with van der Waals surface area (Å²) in [6.45, 7) is 5.86. The van der Waals surface area contributed by atoms with E-state index in [1.54, 1.807) is 36.5 Å². The first-order chi connectivity index (χ1) is 7.34. The molecule has 2 N–H and O–H groups in total. The van der Waals surface area contributed by atoms with E-state index in [1.165, 1.54) is 0 Å². The predicted octanol–water partition coefficient (Wildman–Crippen LogP) is 1.42. The molecule has 16 heavy (non-hydrogen) atoms. The molecule has 0 aliphatic heterocycles. The van der Waals surface area contributed by atoms with Crippen molar-refractivity contribution >= 4 is 11.6 Å². The highest BCUT2D eigenvalue weighted by molar-refractivity contribution is 5.96. The van der Waals surface area contributed by atoms with Gasteiger partial charge in [0, 0.05) is 25.1 Å². The molecule has 1 amide bonds. The summed E-state index contributed by atoms with van der Waals surface area (Å²) < 4.78 is 0. The summed E-state index contributed by atoms with van der Waals surface area (Å²) in [6, 6.07) is 3.06. The number of nitrogens with two attached hydrogens (primary N) is 1. The molecule has 0 saturated carbocycles. The average molecular weight is 221 g/mol. The second-order valence-corrected chi connectivity index (χ2v) is 4.95. The van der Waals surface area contributed by atoms with E-state index in [0.29, 0.717) is 0 Å². The fourth-order valence-electron chi connectivity index (χ4n) is 1.27. The molecule has 0 spiro atoms. The Morgan fingerprint density at radius 1 is 1.38 bits per heavy atom. The molecule has 88 valence electrons. The van der Waals surface area contributed by atoms with Crippen LogP contribution < -0.4 is 10.6 Å². The summed E-state index contributed by atoms with van der Waals surface area (Å²) in [4.78, 5) is 17.5. The van der Waals surface area contributed by atoms with Crippen molar-refractivity contribution in [3.63, 3.8) is 0 Å². The number of anilines is 1. The number of hydrogen-bond donors (Lipinski definition) is 1. The van der Waals surface area contributed by atoms with Gasteiger partial charge < -0.3 is 10.6 Å². The van der Waals surface area contributed by atoms with E-state index in [9.17, 15) is 4.79 Å². The standard InChI is InChI=1S/C12H19N3O/c1-12(2,3)10(13)11(16)15(4)9-5-7-14-8-6-9/h5-8,10H,13H2,1-4H3/t10-/m1/s1. The lowest BCUT2D eigenvalue weighted by molar-refractivity contribution is -0.121. The summed E-state index contributed by atoms with van der Waals surface area (Å²) >= 11 is 0. The Labute approximate surface area is 96.5 Å². The van der Waals surface area contributed by atoms with Crippen molar-refractivity contribution in [2.75, 3.05) is 11.9 Å². The van der Waals surface area contributed by atoms with Gasteiger partial charge in [0.1, 0.15) is 0 Å². The zero-order valence-electron chi connectivity index (χ0n) is 10.3. The molecule has 0 aromatic carbocycles. The fourth-order valence-corrected chi connectivity index (χ4v) is 1.27. The zero-order valence-corrected chi connectivity index (χ0v) is 10.3. The second-order valence-electron chi connectivity index (χ2n) is 4.95. The lowest BCUT2D eigenvalue weighted by atomic mass is 9.86.